The Balaban J connectivity index is 1.63. The van der Waals surface area contributed by atoms with Gasteiger partial charge in [-0.15, -0.1) is 11.3 Å². The molecule has 2 aromatic rings. The highest BCUT2D eigenvalue weighted by Gasteiger charge is 2.46. The molecule has 4 rings (SSSR count). The van der Waals surface area contributed by atoms with Crippen LogP contribution < -0.4 is 0 Å². The van der Waals surface area contributed by atoms with Crippen molar-refractivity contribution < 1.29 is 13.5 Å². The molecule has 0 spiro atoms. The summed E-state index contributed by atoms with van der Waals surface area (Å²) in [6.07, 6.45) is 0. The van der Waals surface area contributed by atoms with E-state index >= 15 is 0 Å². The molecule has 2 saturated heterocycles. The molecular formula is C18H24N2O3S2. The van der Waals surface area contributed by atoms with E-state index in [0.29, 0.717) is 6.54 Å². The second kappa shape index (κ2) is 6.63. The van der Waals surface area contributed by atoms with Gasteiger partial charge in [0.15, 0.2) is 9.84 Å². The van der Waals surface area contributed by atoms with Crippen molar-refractivity contribution in [1.82, 2.24) is 9.80 Å². The first-order valence-electron chi connectivity index (χ1n) is 8.75. The van der Waals surface area contributed by atoms with Crippen molar-refractivity contribution in [2.75, 3.05) is 37.7 Å². The van der Waals surface area contributed by atoms with Crippen LogP contribution in [0.15, 0.2) is 24.3 Å². The second-order valence-corrected chi connectivity index (χ2v) is 10.5. The van der Waals surface area contributed by atoms with Gasteiger partial charge in [0.05, 0.1) is 18.1 Å². The quantitative estimate of drug-likeness (QED) is 0.871. The van der Waals surface area contributed by atoms with E-state index in [2.05, 4.69) is 41.0 Å². The summed E-state index contributed by atoms with van der Waals surface area (Å²) < 4.78 is 25.8. The largest absolute Gasteiger partial charge is 0.395 e. The highest BCUT2D eigenvalue weighted by Crippen LogP contribution is 2.34. The molecule has 0 aliphatic carbocycles. The van der Waals surface area contributed by atoms with Gasteiger partial charge in [-0.25, -0.2) is 8.42 Å². The Labute approximate surface area is 152 Å². The molecule has 2 aliphatic heterocycles. The Bertz CT molecular complexity index is 878. The summed E-state index contributed by atoms with van der Waals surface area (Å²) in [4.78, 5) is 5.82. The lowest BCUT2D eigenvalue weighted by Gasteiger charge is -2.43. The van der Waals surface area contributed by atoms with E-state index in [0.717, 1.165) is 19.6 Å². The predicted molar refractivity (Wildman–Crippen MR) is 102 cm³/mol. The summed E-state index contributed by atoms with van der Waals surface area (Å²) in [6.45, 7) is 5.27. The molecule has 0 radical (unpaired) electrons. The fourth-order valence-electron chi connectivity index (χ4n) is 4.32. The highest BCUT2D eigenvalue weighted by atomic mass is 32.2. The van der Waals surface area contributed by atoms with E-state index in [4.69, 9.17) is 0 Å². The van der Waals surface area contributed by atoms with Gasteiger partial charge in [-0.3, -0.25) is 9.80 Å². The van der Waals surface area contributed by atoms with E-state index < -0.39 is 9.84 Å². The fourth-order valence-corrected chi connectivity index (χ4v) is 7.44. The average Bonchev–Trinajstić information content (AvgIpc) is 3.06. The topological polar surface area (TPSA) is 60.9 Å². The zero-order valence-electron chi connectivity index (χ0n) is 14.4. The molecule has 7 heteroatoms. The van der Waals surface area contributed by atoms with Crippen LogP contribution in [0.5, 0.6) is 0 Å². The summed E-state index contributed by atoms with van der Waals surface area (Å²) in [5, 5.41) is 10.6. The molecule has 2 aliphatic rings. The Kier molecular flexibility index (Phi) is 4.62. The first kappa shape index (κ1) is 17.4. The summed E-state index contributed by atoms with van der Waals surface area (Å²) in [7, 11) is -3.01. The molecule has 0 unspecified atom stereocenters. The molecule has 3 heterocycles. The highest BCUT2D eigenvalue weighted by molar-refractivity contribution is 7.91. The van der Waals surface area contributed by atoms with Crippen molar-refractivity contribution in [2.45, 2.75) is 25.6 Å². The maximum Gasteiger partial charge on any atom is 0.153 e. The number of hydrogen-bond acceptors (Lipinski definition) is 6. The summed E-state index contributed by atoms with van der Waals surface area (Å²) in [5.74, 6) is 0.457. The fraction of sp³-hybridized carbons (Fsp3) is 0.556. The lowest BCUT2D eigenvalue weighted by atomic mass is 10.0. The molecule has 1 aromatic heterocycles. The molecule has 2 atom stereocenters. The minimum Gasteiger partial charge on any atom is -0.395 e. The van der Waals surface area contributed by atoms with E-state index in [1.165, 1.54) is 20.5 Å². The Morgan fingerprint density at radius 3 is 2.60 bits per heavy atom. The standard InChI is InChI=1S/C18H24N2O3S2/c1-13-15(14-4-2-3-5-18(14)24-13)10-20-7-6-19(8-9-21)16-11-25(22,23)12-17(16)20/h2-5,16-17,21H,6-12H2,1H3/t16-,17+/m1/s1. The van der Waals surface area contributed by atoms with Gasteiger partial charge >= 0.3 is 0 Å². The number of aliphatic hydroxyl groups excluding tert-OH is 1. The first-order valence-corrected chi connectivity index (χ1v) is 11.4. The van der Waals surface area contributed by atoms with Crippen LogP contribution >= 0.6 is 11.3 Å². The molecule has 0 saturated carbocycles. The van der Waals surface area contributed by atoms with Gasteiger partial charge < -0.3 is 5.11 Å². The summed E-state index contributed by atoms with van der Waals surface area (Å²) >= 11 is 1.81. The summed E-state index contributed by atoms with van der Waals surface area (Å²) in [5.41, 5.74) is 1.33. The number of sulfone groups is 1. The number of rotatable bonds is 4. The van der Waals surface area contributed by atoms with Crippen molar-refractivity contribution >= 4 is 31.3 Å². The van der Waals surface area contributed by atoms with Gasteiger partial charge in [0.1, 0.15) is 0 Å². The molecule has 1 N–H and O–H groups in total. The first-order chi connectivity index (χ1) is 12.0. The SMILES string of the molecule is Cc1sc2ccccc2c1CN1CCN(CCO)[C@@H]2CS(=O)(=O)C[C@@H]21. The van der Waals surface area contributed by atoms with Crippen LogP contribution in [-0.2, 0) is 16.4 Å². The second-order valence-electron chi connectivity index (χ2n) is 7.07. The van der Waals surface area contributed by atoms with Gasteiger partial charge in [-0.05, 0) is 23.9 Å². The Hall–Kier alpha value is -0.990. The van der Waals surface area contributed by atoms with E-state index in [1.807, 2.05) is 11.3 Å². The van der Waals surface area contributed by atoms with Gasteiger partial charge in [0, 0.05) is 47.8 Å². The lowest BCUT2D eigenvalue weighted by molar-refractivity contribution is 0.0309. The Morgan fingerprint density at radius 2 is 1.84 bits per heavy atom. The van der Waals surface area contributed by atoms with Crippen molar-refractivity contribution in [2.24, 2.45) is 0 Å². The van der Waals surface area contributed by atoms with E-state index in [1.54, 1.807) is 0 Å². The van der Waals surface area contributed by atoms with Gasteiger partial charge in [0.25, 0.3) is 0 Å². The van der Waals surface area contributed by atoms with Gasteiger partial charge in [0.2, 0.25) is 0 Å². The number of nitrogens with zero attached hydrogens (tertiary/aromatic N) is 2. The third kappa shape index (κ3) is 3.24. The van der Waals surface area contributed by atoms with Gasteiger partial charge in [-0.1, -0.05) is 18.2 Å². The third-order valence-corrected chi connectivity index (χ3v) is 8.38. The molecule has 0 bridgehead atoms. The average molecular weight is 381 g/mol. The number of benzene rings is 1. The van der Waals surface area contributed by atoms with Crippen molar-refractivity contribution in [3.05, 3.63) is 34.7 Å². The minimum absolute atomic E-state index is 0.0103. The van der Waals surface area contributed by atoms with E-state index in [9.17, 15) is 13.5 Å². The zero-order chi connectivity index (χ0) is 17.6. The number of hydrogen-bond donors (Lipinski definition) is 1. The summed E-state index contributed by atoms with van der Waals surface area (Å²) in [6, 6.07) is 8.49. The van der Waals surface area contributed by atoms with Crippen molar-refractivity contribution in [1.29, 1.82) is 0 Å². The number of aliphatic hydroxyl groups is 1. The normalized spacial score (nSPS) is 27.0. The van der Waals surface area contributed by atoms with Crippen LogP contribution in [0, 0.1) is 6.92 Å². The molecule has 0 amide bonds. The van der Waals surface area contributed by atoms with Gasteiger partial charge in [-0.2, -0.15) is 0 Å². The van der Waals surface area contributed by atoms with Crippen LogP contribution in [0.3, 0.4) is 0 Å². The monoisotopic (exact) mass is 380 g/mol. The number of piperazine rings is 1. The molecular weight excluding hydrogens is 356 g/mol. The molecule has 25 heavy (non-hydrogen) atoms. The smallest absolute Gasteiger partial charge is 0.153 e. The van der Waals surface area contributed by atoms with Crippen LogP contribution in [0.2, 0.25) is 0 Å². The van der Waals surface area contributed by atoms with Crippen LogP contribution in [0.4, 0.5) is 0 Å². The minimum atomic E-state index is -3.01. The Morgan fingerprint density at radius 1 is 1.16 bits per heavy atom. The lowest BCUT2D eigenvalue weighted by Crippen LogP contribution is -2.59. The van der Waals surface area contributed by atoms with Crippen molar-refractivity contribution in [3.63, 3.8) is 0 Å². The van der Waals surface area contributed by atoms with E-state index in [-0.39, 0.29) is 30.2 Å². The number of β-amino-alcohol motifs (C(OH)–C–C–N with tert-alkyl or cyclic N) is 1. The molecule has 136 valence electrons. The van der Waals surface area contributed by atoms with Crippen LogP contribution in [0.25, 0.3) is 10.1 Å². The van der Waals surface area contributed by atoms with Crippen molar-refractivity contribution in [3.8, 4) is 0 Å². The number of thiophene rings is 1. The zero-order valence-corrected chi connectivity index (χ0v) is 16.0. The van der Waals surface area contributed by atoms with Crippen LogP contribution in [0.1, 0.15) is 10.4 Å². The number of fused-ring (bicyclic) bond motifs is 2. The predicted octanol–water partition coefficient (Wildman–Crippen LogP) is 1.49. The maximum absolute atomic E-state index is 12.3. The molecule has 5 nitrogen and oxygen atoms in total. The molecule has 2 fully saturated rings. The third-order valence-electron chi connectivity index (χ3n) is 5.55. The maximum atomic E-state index is 12.3. The number of aryl methyl sites for hydroxylation is 1. The molecule has 1 aromatic carbocycles. The van der Waals surface area contributed by atoms with Crippen LogP contribution in [-0.4, -0.2) is 73.2 Å².